The van der Waals surface area contributed by atoms with Crippen LogP contribution in [0.25, 0.3) is 11.0 Å². The van der Waals surface area contributed by atoms with Crippen LogP contribution in [-0.4, -0.2) is 20.3 Å². The van der Waals surface area contributed by atoms with Crippen LogP contribution >= 0.6 is 0 Å². The van der Waals surface area contributed by atoms with Crippen LogP contribution in [0.4, 0.5) is 0 Å². The zero-order valence-corrected chi connectivity index (χ0v) is 11.3. The summed E-state index contributed by atoms with van der Waals surface area (Å²) in [5.74, 6) is 0.925. The third kappa shape index (κ3) is 2.45. The van der Waals surface area contributed by atoms with E-state index in [1.807, 2.05) is 54.1 Å². The molecule has 20 heavy (non-hydrogen) atoms. The first-order chi connectivity index (χ1) is 9.74. The fourth-order valence-electron chi connectivity index (χ4n) is 2.30. The normalized spacial score (nSPS) is 10.8. The number of imidazole rings is 1. The number of fused-ring (bicyclic) bond motifs is 1. The van der Waals surface area contributed by atoms with Crippen LogP contribution in [0.15, 0.2) is 48.7 Å². The minimum Gasteiger partial charge on any atom is -0.331 e. The molecule has 0 spiro atoms. The molecular weight excluding hydrogens is 250 g/mol. The van der Waals surface area contributed by atoms with Gasteiger partial charge in [-0.05, 0) is 24.3 Å². The summed E-state index contributed by atoms with van der Waals surface area (Å²) in [5, 5.41) is 0. The molecule has 0 saturated heterocycles. The highest BCUT2D eigenvalue weighted by atomic mass is 16.1. The van der Waals surface area contributed by atoms with Crippen molar-refractivity contribution >= 4 is 16.8 Å². The van der Waals surface area contributed by atoms with Crippen LogP contribution in [0.5, 0.6) is 0 Å². The third-order valence-corrected chi connectivity index (χ3v) is 3.34. The first kappa shape index (κ1) is 12.5. The van der Waals surface area contributed by atoms with E-state index in [0.29, 0.717) is 12.8 Å². The van der Waals surface area contributed by atoms with Gasteiger partial charge in [-0.3, -0.25) is 9.78 Å². The summed E-state index contributed by atoms with van der Waals surface area (Å²) in [6, 6.07) is 13.5. The number of ketones is 1. The first-order valence-electron chi connectivity index (χ1n) is 6.56. The summed E-state index contributed by atoms with van der Waals surface area (Å²) in [7, 11) is 1.94. The molecule has 0 aliphatic rings. The number of rotatable bonds is 4. The van der Waals surface area contributed by atoms with Crippen molar-refractivity contribution in [3.8, 4) is 0 Å². The van der Waals surface area contributed by atoms with E-state index in [-0.39, 0.29) is 5.78 Å². The molecule has 0 aliphatic carbocycles. The summed E-state index contributed by atoms with van der Waals surface area (Å²) < 4.78 is 1.98. The van der Waals surface area contributed by atoms with Gasteiger partial charge in [0.25, 0.3) is 0 Å². The predicted octanol–water partition coefficient (Wildman–Crippen LogP) is 2.32. The largest absolute Gasteiger partial charge is 0.331 e. The lowest BCUT2D eigenvalue weighted by Gasteiger charge is -2.02. The molecule has 0 N–H and O–H groups in total. The number of hydrogen-bond acceptors (Lipinski definition) is 3. The number of pyridine rings is 1. The van der Waals surface area contributed by atoms with Crippen molar-refractivity contribution in [2.75, 3.05) is 0 Å². The van der Waals surface area contributed by atoms with Gasteiger partial charge >= 0.3 is 0 Å². The van der Waals surface area contributed by atoms with Crippen LogP contribution < -0.4 is 0 Å². The van der Waals surface area contributed by atoms with Crippen LogP contribution in [-0.2, 0) is 24.7 Å². The van der Waals surface area contributed by atoms with Crippen molar-refractivity contribution in [2.45, 2.75) is 12.8 Å². The number of para-hydroxylation sites is 2. The van der Waals surface area contributed by atoms with Gasteiger partial charge < -0.3 is 4.57 Å². The van der Waals surface area contributed by atoms with Gasteiger partial charge in [-0.15, -0.1) is 0 Å². The molecule has 0 atom stereocenters. The molecule has 0 fully saturated rings. The number of aryl methyl sites for hydroxylation is 1. The van der Waals surface area contributed by atoms with Crippen LogP contribution in [0.1, 0.15) is 11.5 Å². The van der Waals surface area contributed by atoms with Crippen molar-refractivity contribution in [2.24, 2.45) is 7.05 Å². The molecule has 3 rings (SSSR count). The summed E-state index contributed by atoms with van der Waals surface area (Å²) in [5.41, 5.74) is 2.78. The van der Waals surface area contributed by atoms with E-state index >= 15 is 0 Å². The molecule has 1 aromatic carbocycles. The highest BCUT2D eigenvalue weighted by molar-refractivity contribution is 5.83. The quantitative estimate of drug-likeness (QED) is 0.727. The van der Waals surface area contributed by atoms with Gasteiger partial charge in [0.2, 0.25) is 0 Å². The molecule has 0 aliphatic heterocycles. The first-order valence-corrected chi connectivity index (χ1v) is 6.56. The van der Waals surface area contributed by atoms with E-state index in [1.54, 1.807) is 6.20 Å². The second-order valence-electron chi connectivity index (χ2n) is 4.79. The van der Waals surface area contributed by atoms with Gasteiger partial charge in [0.1, 0.15) is 11.6 Å². The molecule has 0 unspecified atom stereocenters. The number of Topliss-reactive ketones (excluding diaryl/α,β-unsaturated/α-hetero) is 1. The Morgan fingerprint density at radius 2 is 1.90 bits per heavy atom. The Morgan fingerprint density at radius 3 is 2.65 bits per heavy atom. The maximum Gasteiger partial charge on any atom is 0.146 e. The molecule has 100 valence electrons. The van der Waals surface area contributed by atoms with E-state index in [2.05, 4.69) is 9.97 Å². The molecule has 3 aromatic rings. The van der Waals surface area contributed by atoms with E-state index in [4.69, 9.17) is 0 Å². The third-order valence-electron chi connectivity index (χ3n) is 3.34. The van der Waals surface area contributed by atoms with E-state index in [1.165, 1.54) is 0 Å². The molecule has 0 radical (unpaired) electrons. The number of benzene rings is 1. The molecule has 2 heterocycles. The van der Waals surface area contributed by atoms with Crippen molar-refractivity contribution in [3.63, 3.8) is 0 Å². The Labute approximate surface area is 117 Å². The minimum atomic E-state index is 0.127. The van der Waals surface area contributed by atoms with Gasteiger partial charge in [0.15, 0.2) is 0 Å². The predicted molar refractivity (Wildman–Crippen MR) is 77.4 cm³/mol. The Bertz CT molecular complexity index is 747. The zero-order valence-electron chi connectivity index (χ0n) is 11.3. The second kappa shape index (κ2) is 5.25. The number of aromatic nitrogens is 3. The van der Waals surface area contributed by atoms with Gasteiger partial charge in [-0.25, -0.2) is 4.98 Å². The standard InChI is InChI=1S/C16H15N3O/c1-19-15-8-3-2-7-14(15)18-16(19)11-13(20)10-12-6-4-5-9-17-12/h2-9H,10-11H2,1H3. The topological polar surface area (TPSA) is 47.8 Å². The fraction of sp³-hybridized carbons (Fsp3) is 0.188. The number of carbonyl (C=O) groups excluding carboxylic acids is 1. The molecule has 0 bridgehead atoms. The van der Waals surface area contributed by atoms with E-state index in [9.17, 15) is 4.79 Å². The summed E-state index contributed by atoms with van der Waals surface area (Å²) in [4.78, 5) is 20.8. The highest BCUT2D eigenvalue weighted by Gasteiger charge is 2.12. The maximum absolute atomic E-state index is 12.1. The van der Waals surface area contributed by atoms with E-state index < -0.39 is 0 Å². The lowest BCUT2D eigenvalue weighted by atomic mass is 10.1. The summed E-state index contributed by atoms with van der Waals surface area (Å²) in [6.45, 7) is 0. The molecule has 4 heteroatoms. The summed E-state index contributed by atoms with van der Waals surface area (Å²) >= 11 is 0. The molecule has 4 nitrogen and oxygen atoms in total. The van der Waals surface area contributed by atoms with Crippen molar-refractivity contribution in [1.29, 1.82) is 0 Å². The number of hydrogen-bond donors (Lipinski definition) is 0. The Kier molecular flexibility index (Phi) is 3.29. The van der Waals surface area contributed by atoms with Crippen molar-refractivity contribution in [3.05, 3.63) is 60.2 Å². The van der Waals surface area contributed by atoms with Crippen molar-refractivity contribution < 1.29 is 4.79 Å². The average Bonchev–Trinajstić information content (AvgIpc) is 2.77. The Morgan fingerprint density at radius 1 is 1.10 bits per heavy atom. The Hall–Kier alpha value is -2.49. The van der Waals surface area contributed by atoms with Crippen LogP contribution in [0.2, 0.25) is 0 Å². The Balaban J connectivity index is 1.79. The zero-order chi connectivity index (χ0) is 13.9. The summed E-state index contributed by atoms with van der Waals surface area (Å²) in [6.07, 6.45) is 2.39. The SMILES string of the molecule is Cn1c(CC(=O)Cc2ccccn2)nc2ccccc21. The van der Waals surface area contributed by atoms with Crippen LogP contribution in [0, 0.1) is 0 Å². The number of nitrogens with zero attached hydrogens (tertiary/aromatic N) is 3. The average molecular weight is 265 g/mol. The fourth-order valence-corrected chi connectivity index (χ4v) is 2.30. The van der Waals surface area contributed by atoms with Crippen molar-refractivity contribution in [1.82, 2.24) is 14.5 Å². The van der Waals surface area contributed by atoms with Gasteiger partial charge in [0.05, 0.1) is 17.5 Å². The van der Waals surface area contributed by atoms with Gasteiger partial charge in [-0.2, -0.15) is 0 Å². The minimum absolute atomic E-state index is 0.127. The monoisotopic (exact) mass is 265 g/mol. The lowest BCUT2D eigenvalue weighted by molar-refractivity contribution is -0.118. The van der Waals surface area contributed by atoms with Crippen LogP contribution in [0.3, 0.4) is 0 Å². The molecule has 0 amide bonds. The number of carbonyl (C=O) groups is 1. The highest BCUT2D eigenvalue weighted by Crippen LogP contribution is 2.15. The van der Waals surface area contributed by atoms with E-state index in [0.717, 1.165) is 22.6 Å². The molecule has 2 aromatic heterocycles. The lowest BCUT2D eigenvalue weighted by Crippen LogP contribution is -2.11. The van der Waals surface area contributed by atoms with Gasteiger partial charge in [-0.1, -0.05) is 18.2 Å². The molecule has 0 saturated carbocycles. The van der Waals surface area contributed by atoms with Gasteiger partial charge in [0, 0.05) is 25.4 Å². The second-order valence-corrected chi connectivity index (χ2v) is 4.79. The smallest absolute Gasteiger partial charge is 0.146 e. The maximum atomic E-state index is 12.1. The molecular formula is C16H15N3O.